The molecule has 25 heavy (non-hydrogen) atoms. The highest BCUT2D eigenvalue weighted by Gasteiger charge is 2.25. The first-order valence-corrected chi connectivity index (χ1v) is 8.45. The van der Waals surface area contributed by atoms with Gasteiger partial charge in [-0.05, 0) is 30.0 Å². The molecular formula is C17H27Cl3FN3O. The number of nitrogens with zero attached hydrogens (tertiary/aromatic N) is 2. The Morgan fingerprint density at radius 2 is 1.84 bits per heavy atom. The van der Waals surface area contributed by atoms with E-state index in [0.717, 1.165) is 18.7 Å². The van der Waals surface area contributed by atoms with Gasteiger partial charge in [0.05, 0.1) is 6.04 Å². The Morgan fingerprint density at radius 3 is 2.36 bits per heavy atom. The molecule has 0 bridgehead atoms. The van der Waals surface area contributed by atoms with Crippen LogP contribution in [0.2, 0.25) is 5.02 Å². The Morgan fingerprint density at radius 1 is 1.24 bits per heavy atom. The van der Waals surface area contributed by atoms with Crippen molar-refractivity contribution in [2.45, 2.75) is 32.9 Å². The number of piperazine rings is 1. The van der Waals surface area contributed by atoms with Crippen LogP contribution < -0.4 is 5.73 Å². The molecule has 0 aromatic heterocycles. The summed E-state index contributed by atoms with van der Waals surface area (Å²) in [7, 11) is 0. The van der Waals surface area contributed by atoms with E-state index in [-0.39, 0.29) is 36.5 Å². The quantitative estimate of drug-likeness (QED) is 0.804. The summed E-state index contributed by atoms with van der Waals surface area (Å²) in [5, 5.41) is 0.447. The third kappa shape index (κ3) is 7.27. The molecule has 1 aromatic rings. The van der Waals surface area contributed by atoms with Crippen molar-refractivity contribution in [1.29, 1.82) is 0 Å². The first kappa shape index (κ1) is 24.4. The normalized spacial score (nSPS) is 16.2. The lowest BCUT2D eigenvalue weighted by molar-refractivity contribution is -0.134. The van der Waals surface area contributed by atoms with Crippen LogP contribution in [0.4, 0.5) is 4.39 Å². The van der Waals surface area contributed by atoms with Gasteiger partial charge in [0.1, 0.15) is 5.82 Å². The van der Waals surface area contributed by atoms with E-state index in [1.54, 1.807) is 6.07 Å². The molecule has 1 atom stereocenters. The van der Waals surface area contributed by atoms with Crippen molar-refractivity contribution in [3.05, 3.63) is 34.6 Å². The molecule has 4 nitrogen and oxygen atoms in total. The van der Waals surface area contributed by atoms with Crippen LogP contribution in [0.1, 0.15) is 25.8 Å². The maximum atomic E-state index is 13.1. The molecular weight excluding hydrogens is 388 g/mol. The summed E-state index contributed by atoms with van der Waals surface area (Å²) in [5.74, 6) is 0.127. The lowest BCUT2D eigenvalue weighted by atomic mass is 10.0. The highest BCUT2D eigenvalue weighted by Crippen LogP contribution is 2.20. The van der Waals surface area contributed by atoms with Crippen LogP contribution in [-0.4, -0.2) is 47.9 Å². The standard InChI is InChI=1S/C17H25ClFN3O.2ClH/c1-12(2)9-16(20)17(23)22-7-5-21(6-8-22)11-13-3-4-14(19)10-15(13)18;;/h3-4,10,12,16H,5-9,11,20H2,1-2H3;2*1H/t16-;;/m0../s1. The minimum Gasteiger partial charge on any atom is -0.339 e. The van der Waals surface area contributed by atoms with Crippen molar-refractivity contribution < 1.29 is 9.18 Å². The average Bonchev–Trinajstić information content (AvgIpc) is 2.49. The van der Waals surface area contributed by atoms with Crippen molar-refractivity contribution in [3.63, 3.8) is 0 Å². The fourth-order valence-corrected chi connectivity index (χ4v) is 3.09. The molecule has 0 spiro atoms. The zero-order valence-corrected chi connectivity index (χ0v) is 17.0. The Balaban J connectivity index is 0.00000288. The monoisotopic (exact) mass is 413 g/mol. The summed E-state index contributed by atoms with van der Waals surface area (Å²) in [6.45, 7) is 7.68. The summed E-state index contributed by atoms with van der Waals surface area (Å²) in [6, 6.07) is 4.06. The van der Waals surface area contributed by atoms with Gasteiger partial charge >= 0.3 is 0 Å². The molecule has 1 amide bonds. The van der Waals surface area contributed by atoms with Crippen LogP contribution >= 0.6 is 36.4 Å². The molecule has 0 unspecified atom stereocenters. The lowest BCUT2D eigenvalue weighted by Crippen LogP contribution is -2.53. The summed E-state index contributed by atoms with van der Waals surface area (Å²) in [4.78, 5) is 16.4. The van der Waals surface area contributed by atoms with Crippen LogP contribution in [0.5, 0.6) is 0 Å². The van der Waals surface area contributed by atoms with Gasteiger partial charge in [0.2, 0.25) is 5.91 Å². The number of halogens is 4. The Kier molecular flexibility index (Phi) is 10.9. The predicted molar refractivity (Wildman–Crippen MR) is 105 cm³/mol. The molecule has 0 saturated carbocycles. The van der Waals surface area contributed by atoms with E-state index < -0.39 is 6.04 Å². The van der Waals surface area contributed by atoms with Crippen LogP contribution in [-0.2, 0) is 11.3 Å². The first-order chi connectivity index (χ1) is 10.9. The van der Waals surface area contributed by atoms with Crippen molar-refractivity contribution in [3.8, 4) is 0 Å². The SMILES string of the molecule is CC(C)C[C@H](N)C(=O)N1CCN(Cc2ccc(F)cc2Cl)CC1.Cl.Cl. The lowest BCUT2D eigenvalue weighted by Gasteiger charge is -2.36. The molecule has 0 radical (unpaired) electrons. The molecule has 1 fully saturated rings. The van der Waals surface area contributed by atoms with Crippen LogP contribution in [0.25, 0.3) is 0 Å². The average molecular weight is 415 g/mol. The summed E-state index contributed by atoms with van der Waals surface area (Å²) < 4.78 is 13.1. The summed E-state index contributed by atoms with van der Waals surface area (Å²) in [6.07, 6.45) is 0.713. The fraction of sp³-hybridized carbons (Fsp3) is 0.588. The van der Waals surface area contributed by atoms with Gasteiger partial charge < -0.3 is 10.6 Å². The van der Waals surface area contributed by atoms with Crippen LogP contribution in [0.3, 0.4) is 0 Å². The molecule has 2 rings (SSSR count). The minimum atomic E-state index is -0.409. The van der Waals surface area contributed by atoms with Crippen molar-refractivity contribution in [1.82, 2.24) is 9.80 Å². The maximum Gasteiger partial charge on any atom is 0.239 e. The van der Waals surface area contributed by atoms with E-state index in [1.807, 2.05) is 4.90 Å². The number of carbonyl (C=O) groups is 1. The topological polar surface area (TPSA) is 49.6 Å². The smallest absolute Gasteiger partial charge is 0.239 e. The minimum absolute atomic E-state index is 0. The van der Waals surface area contributed by atoms with Crippen LogP contribution in [0, 0.1) is 11.7 Å². The van der Waals surface area contributed by atoms with Crippen molar-refractivity contribution in [2.75, 3.05) is 26.2 Å². The molecule has 1 saturated heterocycles. The molecule has 0 aliphatic carbocycles. The first-order valence-electron chi connectivity index (χ1n) is 8.07. The van der Waals surface area contributed by atoms with Gasteiger partial charge in [0.15, 0.2) is 0 Å². The van der Waals surface area contributed by atoms with Crippen LogP contribution in [0.15, 0.2) is 18.2 Å². The number of benzene rings is 1. The zero-order chi connectivity index (χ0) is 17.0. The zero-order valence-electron chi connectivity index (χ0n) is 14.6. The van der Waals surface area contributed by atoms with Gasteiger partial charge in [-0.25, -0.2) is 4.39 Å². The number of amides is 1. The molecule has 1 aliphatic rings. The second-order valence-corrected chi connectivity index (χ2v) is 6.98. The molecule has 2 N–H and O–H groups in total. The highest BCUT2D eigenvalue weighted by atomic mass is 35.5. The van der Waals surface area contributed by atoms with Gasteiger partial charge in [0.25, 0.3) is 0 Å². The number of rotatable bonds is 5. The third-order valence-electron chi connectivity index (χ3n) is 4.14. The van der Waals surface area contributed by atoms with E-state index in [2.05, 4.69) is 18.7 Å². The Hall–Kier alpha value is -0.590. The van der Waals surface area contributed by atoms with E-state index in [4.69, 9.17) is 17.3 Å². The second-order valence-electron chi connectivity index (χ2n) is 6.57. The molecule has 8 heteroatoms. The van der Waals surface area contributed by atoms with Crippen molar-refractivity contribution in [2.24, 2.45) is 11.7 Å². The van der Waals surface area contributed by atoms with Gasteiger partial charge in [-0.1, -0.05) is 31.5 Å². The predicted octanol–water partition coefficient (Wildman–Crippen LogP) is 3.34. The van der Waals surface area contributed by atoms with Gasteiger partial charge in [-0.3, -0.25) is 9.69 Å². The number of hydrogen-bond donors (Lipinski definition) is 1. The van der Waals surface area contributed by atoms with E-state index in [0.29, 0.717) is 37.0 Å². The number of nitrogens with two attached hydrogens (primary N) is 1. The van der Waals surface area contributed by atoms with Crippen molar-refractivity contribution >= 4 is 42.3 Å². The molecule has 1 aliphatic heterocycles. The van der Waals surface area contributed by atoms with Gasteiger partial charge in [-0.2, -0.15) is 0 Å². The fourth-order valence-electron chi connectivity index (χ4n) is 2.86. The van der Waals surface area contributed by atoms with E-state index in [9.17, 15) is 9.18 Å². The number of carbonyl (C=O) groups excluding carboxylic acids is 1. The Bertz CT molecular complexity index is 552. The highest BCUT2D eigenvalue weighted by molar-refractivity contribution is 6.31. The second kappa shape index (κ2) is 11.2. The third-order valence-corrected chi connectivity index (χ3v) is 4.49. The molecule has 1 aromatic carbocycles. The largest absolute Gasteiger partial charge is 0.339 e. The summed E-state index contributed by atoms with van der Waals surface area (Å²) in [5.41, 5.74) is 6.89. The van der Waals surface area contributed by atoms with E-state index in [1.165, 1.54) is 12.1 Å². The molecule has 1 heterocycles. The van der Waals surface area contributed by atoms with Gasteiger partial charge in [0, 0.05) is 37.7 Å². The van der Waals surface area contributed by atoms with E-state index >= 15 is 0 Å². The Labute approximate surface area is 166 Å². The molecule has 144 valence electrons. The maximum absolute atomic E-state index is 13.1. The number of hydrogen-bond acceptors (Lipinski definition) is 3. The summed E-state index contributed by atoms with van der Waals surface area (Å²) >= 11 is 6.07. The van der Waals surface area contributed by atoms with Gasteiger partial charge in [-0.15, -0.1) is 24.8 Å².